The summed E-state index contributed by atoms with van der Waals surface area (Å²) in [6.07, 6.45) is 2.03. The SMILES string of the molecule is COCCCCNC(C)C(=O)NCCOC. The minimum atomic E-state index is -0.153. The Labute approximate surface area is 97.9 Å². The molecule has 0 saturated heterocycles. The quantitative estimate of drug-likeness (QED) is 0.527. The van der Waals surface area contributed by atoms with Crippen LogP contribution in [0.1, 0.15) is 19.8 Å². The molecule has 1 atom stereocenters. The Morgan fingerprint density at radius 1 is 1.12 bits per heavy atom. The van der Waals surface area contributed by atoms with Gasteiger partial charge in [-0.1, -0.05) is 0 Å². The van der Waals surface area contributed by atoms with Gasteiger partial charge in [-0.3, -0.25) is 4.79 Å². The van der Waals surface area contributed by atoms with Crippen molar-refractivity contribution in [3.63, 3.8) is 0 Å². The van der Waals surface area contributed by atoms with Crippen LogP contribution in [0.25, 0.3) is 0 Å². The van der Waals surface area contributed by atoms with Crippen molar-refractivity contribution >= 4 is 5.91 Å². The van der Waals surface area contributed by atoms with Crippen LogP contribution in [-0.4, -0.2) is 52.5 Å². The Morgan fingerprint density at radius 2 is 1.81 bits per heavy atom. The van der Waals surface area contributed by atoms with Crippen molar-refractivity contribution < 1.29 is 14.3 Å². The Hall–Kier alpha value is -0.650. The summed E-state index contributed by atoms with van der Waals surface area (Å²) in [5, 5.41) is 5.94. The average molecular weight is 232 g/mol. The summed E-state index contributed by atoms with van der Waals surface area (Å²) in [6.45, 7) is 4.58. The number of rotatable bonds is 10. The zero-order valence-electron chi connectivity index (χ0n) is 10.5. The first-order chi connectivity index (χ1) is 7.72. The van der Waals surface area contributed by atoms with Gasteiger partial charge in [-0.2, -0.15) is 0 Å². The predicted octanol–water partition coefficient (Wildman–Crippen LogP) is 0.154. The highest BCUT2D eigenvalue weighted by atomic mass is 16.5. The molecule has 0 aliphatic carbocycles. The Kier molecular flexibility index (Phi) is 10.4. The standard InChI is InChI=1S/C11H24N2O3/c1-10(11(14)13-7-9-16-3)12-6-4-5-8-15-2/h10,12H,4-9H2,1-3H3,(H,13,14). The van der Waals surface area contributed by atoms with Crippen molar-refractivity contribution in [3.8, 4) is 0 Å². The smallest absolute Gasteiger partial charge is 0.236 e. The fraction of sp³-hybridized carbons (Fsp3) is 0.909. The molecule has 0 fully saturated rings. The van der Waals surface area contributed by atoms with Crippen LogP contribution in [0.15, 0.2) is 0 Å². The number of unbranched alkanes of at least 4 members (excludes halogenated alkanes) is 1. The van der Waals surface area contributed by atoms with E-state index < -0.39 is 0 Å². The van der Waals surface area contributed by atoms with Crippen LogP contribution in [0.2, 0.25) is 0 Å². The summed E-state index contributed by atoms with van der Waals surface area (Å²) in [4.78, 5) is 11.5. The first-order valence-corrected chi connectivity index (χ1v) is 5.71. The second kappa shape index (κ2) is 10.9. The highest BCUT2D eigenvalue weighted by molar-refractivity contribution is 5.81. The summed E-state index contributed by atoms with van der Waals surface area (Å²) in [5.41, 5.74) is 0. The maximum Gasteiger partial charge on any atom is 0.236 e. The number of ether oxygens (including phenoxy) is 2. The third kappa shape index (κ3) is 8.64. The number of hydrogen-bond donors (Lipinski definition) is 2. The molecule has 1 amide bonds. The Balaban J connectivity index is 3.40. The van der Waals surface area contributed by atoms with Crippen LogP contribution in [0.5, 0.6) is 0 Å². The average Bonchev–Trinajstić information content (AvgIpc) is 2.28. The number of nitrogens with one attached hydrogen (secondary N) is 2. The van der Waals surface area contributed by atoms with E-state index in [1.165, 1.54) is 0 Å². The number of carbonyl (C=O) groups excluding carboxylic acids is 1. The molecule has 0 heterocycles. The normalized spacial score (nSPS) is 12.4. The molecule has 0 aromatic rings. The van der Waals surface area contributed by atoms with Crippen LogP contribution in [-0.2, 0) is 14.3 Å². The largest absolute Gasteiger partial charge is 0.385 e. The van der Waals surface area contributed by atoms with Gasteiger partial charge in [0.25, 0.3) is 0 Å². The van der Waals surface area contributed by atoms with Gasteiger partial charge < -0.3 is 20.1 Å². The van der Waals surface area contributed by atoms with Crippen LogP contribution < -0.4 is 10.6 Å². The molecule has 5 heteroatoms. The fourth-order valence-corrected chi connectivity index (χ4v) is 1.21. The van der Waals surface area contributed by atoms with Crippen molar-refractivity contribution in [2.75, 3.05) is 40.5 Å². The van der Waals surface area contributed by atoms with Gasteiger partial charge in [0, 0.05) is 27.4 Å². The Morgan fingerprint density at radius 3 is 2.44 bits per heavy atom. The van der Waals surface area contributed by atoms with E-state index in [2.05, 4.69) is 10.6 Å². The topological polar surface area (TPSA) is 59.6 Å². The molecule has 0 rings (SSSR count). The zero-order valence-corrected chi connectivity index (χ0v) is 10.5. The van der Waals surface area contributed by atoms with Gasteiger partial charge in [0.15, 0.2) is 0 Å². The number of methoxy groups -OCH3 is 2. The Bertz CT molecular complexity index is 177. The van der Waals surface area contributed by atoms with E-state index in [-0.39, 0.29) is 11.9 Å². The maximum atomic E-state index is 11.5. The number of carbonyl (C=O) groups is 1. The second-order valence-electron chi connectivity index (χ2n) is 3.66. The van der Waals surface area contributed by atoms with E-state index in [0.717, 1.165) is 26.0 Å². The van der Waals surface area contributed by atoms with Crippen molar-refractivity contribution in [1.29, 1.82) is 0 Å². The fourth-order valence-electron chi connectivity index (χ4n) is 1.21. The third-order valence-corrected chi connectivity index (χ3v) is 2.22. The van der Waals surface area contributed by atoms with Crippen LogP contribution in [0.4, 0.5) is 0 Å². The lowest BCUT2D eigenvalue weighted by atomic mass is 10.2. The molecule has 0 radical (unpaired) electrons. The summed E-state index contributed by atoms with van der Waals surface area (Å²) in [6, 6.07) is -0.153. The van der Waals surface area contributed by atoms with Crippen molar-refractivity contribution in [1.82, 2.24) is 10.6 Å². The van der Waals surface area contributed by atoms with Gasteiger partial charge in [-0.05, 0) is 26.3 Å². The van der Waals surface area contributed by atoms with Crippen molar-refractivity contribution in [3.05, 3.63) is 0 Å². The molecule has 0 aromatic heterocycles. The lowest BCUT2D eigenvalue weighted by molar-refractivity contribution is -0.122. The predicted molar refractivity (Wildman–Crippen MR) is 63.5 cm³/mol. The zero-order chi connectivity index (χ0) is 12.2. The molecule has 5 nitrogen and oxygen atoms in total. The van der Waals surface area contributed by atoms with E-state index in [1.807, 2.05) is 6.92 Å². The molecule has 1 unspecified atom stereocenters. The highest BCUT2D eigenvalue weighted by Gasteiger charge is 2.10. The summed E-state index contributed by atoms with van der Waals surface area (Å²) >= 11 is 0. The molecular weight excluding hydrogens is 208 g/mol. The summed E-state index contributed by atoms with van der Waals surface area (Å²) in [5.74, 6) is 0.0174. The van der Waals surface area contributed by atoms with Crippen LogP contribution in [0, 0.1) is 0 Å². The first-order valence-electron chi connectivity index (χ1n) is 5.71. The maximum absolute atomic E-state index is 11.5. The van der Waals surface area contributed by atoms with Gasteiger partial charge >= 0.3 is 0 Å². The molecule has 0 spiro atoms. The van der Waals surface area contributed by atoms with Gasteiger partial charge in [0.1, 0.15) is 0 Å². The van der Waals surface area contributed by atoms with Gasteiger partial charge in [0.2, 0.25) is 5.91 Å². The molecule has 16 heavy (non-hydrogen) atoms. The van der Waals surface area contributed by atoms with E-state index in [4.69, 9.17) is 9.47 Å². The second-order valence-corrected chi connectivity index (χ2v) is 3.66. The summed E-state index contributed by atoms with van der Waals surface area (Å²) in [7, 11) is 3.31. The molecular formula is C11H24N2O3. The minimum absolute atomic E-state index is 0.0174. The van der Waals surface area contributed by atoms with E-state index in [1.54, 1.807) is 14.2 Å². The van der Waals surface area contributed by atoms with Crippen LogP contribution in [0.3, 0.4) is 0 Å². The third-order valence-electron chi connectivity index (χ3n) is 2.22. The molecule has 0 saturated carbocycles. The monoisotopic (exact) mass is 232 g/mol. The minimum Gasteiger partial charge on any atom is -0.385 e. The van der Waals surface area contributed by atoms with Crippen molar-refractivity contribution in [2.45, 2.75) is 25.8 Å². The first kappa shape index (κ1) is 15.3. The van der Waals surface area contributed by atoms with Crippen molar-refractivity contribution in [2.24, 2.45) is 0 Å². The number of amides is 1. The lowest BCUT2D eigenvalue weighted by Crippen LogP contribution is -2.43. The molecule has 0 aromatic carbocycles. The molecule has 2 N–H and O–H groups in total. The molecule has 96 valence electrons. The molecule has 0 aliphatic heterocycles. The number of hydrogen-bond acceptors (Lipinski definition) is 4. The van der Waals surface area contributed by atoms with E-state index >= 15 is 0 Å². The highest BCUT2D eigenvalue weighted by Crippen LogP contribution is 1.89. The van der Waals surface area contributed by atoms with E-state index in [0.29, 0.717) is 13.2 Å². The van der Waals surface area contributed by atoms with E-state index in [9.17, 15) is 4.79 Å². The van der Waals surface area contributed by atoms with Gasteiger partial charge in [-0.15, -0.1) is 0 Å². The van der Waals surface area contributed by atoms with Gasteiger partial charge in [0.05, 0.1) is 12.6 Å². The molecule has 0 aliphatic rings. The van der Waals surface area contributed by atoms with Gasteiger partial charge in [-0.25, -0.2) is 0 Å². The van der Waals surface area contributed by atoms with Crippen LogP contribution >= 0.6 is 0 Å². The molecule has 0 bridgehead atoms. The lowest BCUT2D eigenvalue weighted by Gasteiger charge is -2.13. The summed E-state index contributed by atoms with van der Waals surface area (Å²) < 4.78 is 9.79.